The molecule has 2 saturated heterocycles. The van der Waals surface area contributed by atoms with Crippen LogP contribution in [0.15, 0.2) is 53.6 Å². The summed E-state index contributed by atoms with van der Waals surface area (Å²) in [6.45, 7) is 6.03. The normalized spacial score (nSPS) is 19.5. The van der Waals surface area contributed by atoms with E-state index in [9.17, 15) is 8.42 Å². The van der Waals surface area contributed by atoms with Gasteiger partial charge in [-0.1, -0.05) is 23.7 Å². The number of anilines is 1. The van der Waals surface area contributed by atoms with Gasteiger partial charge in [0.2, 0.25) is 10.0 Å². The fraction of sp³-hybridized carbons (Fsp3) is 0.435. The first-order chi connectivity index (χ1) is 14.9. The highest BCUT2D eigenvalue weighted by Gasteiger charge is 2.43. The predicted octanol–water partition coefficient (Wildman–Crippen LogP) is 4.39. The van der Waals surface area contributed by atoms with E-state index in [1.807, 2.05) is 4.68 Å². The maximum absolute atomic E-state index is 13.1. The maximum Gasteiger partial charge on any atom is 0.244 e. The summed E-state index contributed by atoms with van der Waals surface area (Å²) in [5.41, 5.74) is 2.43. The number of fused-ring (bicyclic) bond motifs is 1. The van der Waals surface area contributed by atoms with Crippen molar-refractivity contribution in [3.63, 3.8) is 0 Å². The Kier molecular flexibility index (Phi) is 5.23. The van der Waals surface area contributed by atoms with Crippen LogP contribution in [0, 0.1) is 5.41 Å². The summed E-state index contributed by atoms with van der Waals surface area (Å²) in [5.74, 6) is 0. The molecule has 2 aliphatic rings. The molecule has 5 rings (SSSR count). The number of hydrogen-bond acceptors (Lipinski definition) is 4. The van der Waals surface area contributed by atoms with Crippen molar-refractivity contribution in [2.45, 2.75) is 37.6 Å². The number of piperidine rings is 1. The van der Waals surface area contributed by atoms with E-state index in [-0.39, 0.29) is 15.3 Å². The zero-order valence-corrected chi connectivity index (χ0v) is 19.2. The molecule has 164 valence electrons. The van der Waals surface area contributed by atoms with Gasteiger partial charge in [0.15, 0.2) is 0 Å². The summed E-state index contributed by atoms with van der Waals surface area (Å²) in [7, 11) is -3.55. The highest BCUT2D eigenvalue weighted by Crippen LogP contribution is 2.43. The summed E-state index contributed by atoms with van der Waals surface area (Å²) < 4.78 is 29.7. The molecule has 0 aliphatic carbocycles. The second-order valence-corrected chi connectivity index (χ2v) is 11.0. The zero-order valence-electron chi connectivity index (χ0n) is 17.7. The monoisotopic (exact) mass is 458 g/mol. The van der Waals surface area contributed by atoms with Crippen LogP contribution in [0.5, 0.6) is 0 Å². The van der Waals surface area contributed by atoms with Crippen molar-refractivity contribution < 1.29 is 8.42 Å². The second-order valence-electron chi connectivity index (χ2n) is 8.73. The van der Waals surface area contributed by atoms with Crippen molar-refractivity contribution >= 4 is 38.2 Å². The third-order valence-corrected chi connectivity index (χ3v) is 9.30. The Hall–Kier alpha value is -2.09. The molecule has 8 heteroatoms. The highest BCUT2D eigenvalue weighted by atomic mass is 35.5. The van der Waals surface area contributed by atoms with E-state index >= 15 is 0 Å². The number of nitrogens with zero attached hydrogens (tertiary/aromatic N) is 4. The molecule has 1 aromatic heterocycles. The Morgan fingerprint density at radius 2 is 1.81 bits per heavy atom. The lowest BCUT2D eigenvalue weighted by Gasteiger charge is -2.38. The Labute approximate surface area is 188 Å². The van der Waals surface area contributed by atoms with Crippen LogP contribution in [-0.4, -0.2) is 48.7 Å². The molecular formula is C23H27ClN4O2S. The first kappa shape index (κ1) is 20.8. The summed E-state index contributed by atoms with van der Waals surface area (Å²) >= 11 is 6.17. The number of aryl methyl sites for hydroxylation is 1. The van der Waals surface area contributed by atoms with Gasteiger partial charge in [-0.3, -0.25) is 4.68 Å². The van der Waals surface area contributed by atoms with Crippen molar-refractivity contribution in [2.75, 3.05) is 31.1 Å². The first-order valence-electron chi connectivity index (χ1n) is 10.9. The minimum atomic E-state index is -3.55. The van der Waals surface area contributed by atoms with Gasteiger partial charge < -0.3 is 4.90 Å². The molecule has 2 fully saturated rings. The van der Waals surface area contributed by atoms with Crippen LogP contribution in [0.2, 0.25) is 5.02 Å². The van der Waals surface area contributed by atoms with Gasteiger partial charge in [-0.25, -0.2) is 8.42 Å². The molecule has 31 heavy (non-hydrogen) atoms. The maximum atomic E-state index is 13.1. The summed E-state index contributed by atoms with van der Waals surface area (Å²) in [5, 5.41) is 6.03. The molecule has 0 atom stereocenters. The van der Waals surface area contributed by atoms with E-state index in [2.05, 4.69) is 41.3 Å². The molecular weight excluding hydrogens is 432 g/mol. The number of benzene rings is 2. The highest BCUT2D eigenvalue weighted by molar-refractivity contribution is 7.89. The Morgan fingerprint density at radius 3 is 2.55 bits per heavy atom. The molecule has 0 amide bonds. The molecule has 3 aromatic rings. The Bertz CT molecular complexity index is 1220. The third-order valence-electron chi connectivity index (χ3n) is 6.90. The summed E-state index contributed by atoms with van der Waals surface area (Å²) in [6.07, 6.45) is 4.95. The molecule has 2 aromatic carbocycles. The van der Waals surface area contributed by atoms with E-state index in [4.69, 9.17) is 11.6 Å². The van der Waals surface area contributed by atoms with E-state index in [1.54, 1.807) is 28.6 Å². The molecule has 0 saturated carbocycles. The van der Waals surface area contributed by atoms with Crippen LogP contribution in [0.4, 0.5) is 5.69 Å². The van der Waals surface area contributed by atoms with Crippen molar-refractivity contribution in [3.8, 4) is 0 Å². The average Bonchev–Trinajstić information content (AvgIpc) is 3.38. The van der Waals surface area contributed by atoms with E-state index < -0.39 is 10.0 Å². The fourth-order valence-corrected chi connectivity index (χ4v) is 6.92. The van der Waals surface area contributed by atoms with Crippen LogP contribution < -0.4 is 4.90 Å². The fourth-order valence-electron chi connectivity index (χ4n) is 4.98. The SMILES string of the molecule is CCn1cc2cc(N3CCC4(CCN(S(=O)(=O)c5ccccc5Cl)CC4)C3)ccc2n1. The Balaban J connectivity index is 1.29. The number of aromatic nitrogens is 2. The topological polar surface area (TPSA) is 58.4 Å². The second kappa shape index (κ2) is 7.80. The van der Waals surface area contributed by atoms with Crippen LogP contribution in [0.1, 0.15) is 26.2 Å². The summed E-state index contributed by atoms with van der Waals surface area (Å²) in [4.78, 5) is 2.66. The van der Waals surface area contributed by atoms with Crippen molar-refractivity contribution in [3.05, 3.63) is 53.7 Å². The van der Waals surface area contributed by atoms with Gasteiger partial charge >= 0.3 is 0 Å². The average molecular weight is 459 g/mol. The standard InChI is InChI=1S/C23H27ClN4O2S/c1-2-27-16-18-15-19(7-8-21(18)25-27)26-12-9-23(17-26)10-13-28(14-11-23)31(29,30)22-6-4-3-5-20(22)24/h3-8,15-16H,2,9-14,17H2,1H3. The molecule has 3 heterocycles. The van der Waals surface area contributed by atoms with Crippen LogP contribution >= 0.6 is 11.6 Å². The Morgan fingerprint density at radius 1 is 1.06 bits per heavy atom. The van der Waals surface area contributed by atoms with Crippen molar-refractivity contribution in [1.82, 2.24) is 14.1 Å². The van der Waals surface area contributed by atoms with Crippen LogP contribution in [-0.2, 0) is 16.6 Å². The predicted molar refractivity (Wildman–Crippen MR) is 124 cm³/mol. The molecule has 0 radical (unpaired) electrons. The lowest BCUT2D eigenvalue weighted by Crippen LogP contribution is -2.44. The molecule has 0 N–H and O–H groups in total. The number of sulfonamides is 1. The lowest BCUT2D eigenvalue weighted by atomic mass is 9.78. The van der Waals surface area contributed by atoms with E-state index in [0.717, 1.165) is 44.4 Å². The third kappa shape index (κ3) is 3.73. The van der Waals surface area contributed by atoms with Crippen molar-refractivity contribution in [1.29, 1.82) is 0 Å². The van der Waals surface area contributed by atoms with Crippen molar-refractivity contribution in [2.24, 2.45) is 5.41 Å². The minimum Gasteiger partial charge on any atom is -0.371 e. The van der Waals surface area contributed by atoms with Gasteiger partial charge in [0.1, 0.15) is 4.90 Å². The van der Waals surface area contributed by atoms with Gasteiger partial charge in [0.05, 0.1) is 10.5 Å². The number of halogens is 1. The van der Waals surface area contributed by atoms with Gasteiger partial charge in [-0.2, -0.15) is 9.40 Å². The molecule has 2 aliphatic heterocycles. The van der Waals surface area contributed by atoms with Crippen LogP contribution in [0.25, 0.3) is 10.9 Å². The zero-order chi connectivity index (χ0) is 21.6. The molecule has 6 nitrogen and oxygen atoms in total. The number of rotatable bonds is 4. The summed E-state index contributed by atoms with van der Waals surface area (Å²) in [6, 6.07) is 13.2. The minimum absolute atomic E-state index is 0.176. The quantitative estimate of drug-likeness (QED) is 0.581. The largest absolute Gasteiger partial charge is 0.371 e. The molecule has 0 bridgehead atoms. The van der Waals surface area contributed by atoms with Gasteiger partial charge in [-0.15, -0.1) is 0 Å². The molecule has 0 unspecified atom stereocenters. The van der Waals surface area contributed by atoms with Crippen LogP contribution in [0.3, 0.4) is 0 Å². The van der Waals surface area contributed by atoms with Gasteiger partial charge in [0.25, 0.3) is 0 Å². The van der Waals surface area contributed by atoms with Gasteiger partial charge in [0, 0.05) is 50.0 Å². The van der Waals surface area contributed by atoms with E-state index in [0.29, 0.717) is 13.1 Å². The first-order valence-corrected chi connectivity index (χ1v) is 12.7. The lowest BCUT2D eigenvalue weighted by molar-refractivity contribution is 0.177. The van der Waals surface area contributed by atoms with E-state index in [1.165, 1.54) is 11.1 Å². The number of hydrogen-bond donors (Lipinski definition) is 0. The molecule has 1 spiro atoms. The van der Waals surface area contributed by atoms with Gasteiger partial charge in [-0.05, 0) is 61.9 Å². The smallest absolute Gasteiger partial charge is 0.244 e.